The van der Waals surface area contributed by atoms with E-state index in [2.05, 4.69) is 4.74 Å². The fraction of sp³-hybridized carbons (Fsp3) is 0.250. The Bertz CT molecular complexity index is 414. The predicted molar refractivity (Wildman–Crippen MR) is 49.6 cm³/mol. The van der Waals surface area contributed by atoms with Gasteiger partial charge < -0.3 is 4.74 Å². The molecular formula is C8H5ClF3NO3. The van der Waals surface area contributed by atoms with Crippen LogP contribution in [0.15, 0.2) is 12.1 Å². The second kappa shape index (κ2) is 5.02. The zero-order valence-electron chi connectivity index (χ0n) is 7.62. The van der Waals surface area contributed by atoms with Crippen molar-refractivity contribution < 1.29 is 22.8 Å². The van der Waals surface area contributed by atoms with E-state index in [1.165, 1.54) is 0 Å². The molecule has 0 N–H and O–H groups in total. The molecule has 16 heavy (non-hydrogen) atoms. The highest BCUT2D eigenvalue weighted by Gasteiger charge is 2.21. The number of benzene rings is 1. The summed E-state index contributed by atoms with van der Waals surface area (Å²) in [5.41, 5.74) is -0.839. The Balaban J connectivity index is 2.98. The van der Waals surface area contributed by atoms with Crippen LogP contribution >= 0.6 is 11.6 Å². The van der Waals surface area contributed by atoms with Crippen LogP contribution in [0.5, 0.6) is 5.75 Å². The van der Waals surface area contributed by atoms with E-state index < -0.39 is 34.5 Å². The Hall–Kier alpha value is -1.50. The Kier molecular flexibility index (Phi) is 3.94. The lowest BCUT2D eigenvalue weighted by Crippen LogP contribution is -2.08. The fourth-order valence-electron chi connectivity index (χ4n) is 0.927. The molecule has 0 aliphatic heterocycles. The molecule has 0 atom stereocenters. The van der Waals surface area contributed by atoms with Crippen molar-refractivity contribution in [2.45, 2.75) is 6.43 Å². The van der Waals surface area contributed by atoms with Crippen LogP contribution in [0.2, 0.25) is 5.02 Å². The Labute approximate surface area is 92.7 Å². The Morgan fingerprint density at radius 3 is 2.62 bits per heavy atom. The first-order valence-corrected chi connectivity index (χ1v) is 4.34. The lowest BCUT2D eigenvalue weighted by molar-refractivity contribution is -0.387. The molecule has 0 fully saturated rings. The van der Waals surface area contributed by atoms with Crippen molar-refractivity contribution in [1.29, 1.82) is 0 Å². The van der Waals surface area contributed by atoms with Crippen LogP contribution in [0, 0.1) is 15.9 Å². The third-order valence-electron chi connectivity index (χ3n) is 1.59. The average molecular weight is 256 g/mol. The van der Waals surface area contributed by atoms with Crippen LogP contribution in [0.4, 0.5) is 18.9 Å². The maximum absolute atomic E-state index is 13.2. The average Bonchev–Trinajstić information content (AvgIpc) is 2.19. The second-order valence-corrected chi connectivity index (χ2v) is 3.05. The lowest BCUT2D eigenvalue weighted by atomic mass is 10.3. The molecule has 1 aromatic carbocycles. The maximum Gasteiger partial charge on any atom is 0.306 e. The smallest absolute Gasteiger partial charge is 0.306 e. The van der Waals surface area contributed by atoms with Gasteiger partial charge in [0.05, 0.1) is 4.92 Å². The largest absolute Gasteiger partial charge is 0.486 e. The molecule has 0 bridgehead atoms. The summed E-state index contributed by atoms with van der Waals surface area (Å²) in [6, 6.07) is 1.76. The molecule has 8 heteroatoms. The van der Waals surface area contributed by atoms with E-state index in [0.29, 0.717) is 0 Å². The van der Waals surface area contributed by atoms with Gasteiger partial charge in [-0.15, -0.1) is 0 Å². The minimum Gasteiger partial charge on any atom is -0.486 e. The van der Waals surface area contributed by atoms with Crippen LogP contribution in [0.1, 0.15) is 0 Å². The number of nitrogens with zero attached hydrogens (tertiary/aromatic N) is 1. The van der Waals surface area contributed by atoms with E-state index in [-0.39, 0.29) is 5.75 Å². The fourth-order valence-corrected chi connectivity index (χ4v) is 1.14. The molecular weight excluding hydrogens is 251 g/mol. The van der Waals surface area contributed by atoms with Crippen LogP contribution in [-0.2, 0) is 0 Å². The van der Waals surface area contributed by atoms with Crippen molar-refractivity contribution in [2.24, 2.45) is 0 Å². The molecule has 4 nitrogen and oxygen atoms in total. The second-order valence-electron chi connectivity index (χ2n) is 2.67. The molecule has 0 saturated heterocycles. The topological polar surface area (TPSA) is 52.4 Å². The minimum atomic E-state index is -2.74. The molecule has 1 rings (SSSR count). The standard InChI is InChI=1S/C8H5ClF3NO3/c9-7-5(16-3-6(10)11)2-1-4(8(7)12)13(14)15/h1-2,6H,3H2. The SMILES string of the molecule is O=[N+]([O-])c1ccc(OCC(F)F)c(Cl)c1F. The van der Waals surface area contributed by atoms with Crippen LogP contribution in [-0.4, -0.2) is 18.0 Å². The quantitative estimate of drug-likeness (QED) is 0.614. The highest BCUT2D eigenvalue weighted by Crippen LogP contribution is 2.33. The number of halogens is 4. The maximum atomic E-state index is 13.2. The van der Waals surface area contributed by atoms with Gasteiger partial charge in [-0.05, 0) is 6.07 Å². The monoisotopic (exact) mass is 255 g/mol. The van der Waals surface area contributed by atoms with E-state index in [9.17, 15) is 23.3 Å². The van der Waals surface area contributed by atoms with Crippen molar-refractivity contribution in [3.63, 3.8) is 0 Å². The molecule has 0 aliphatic carbocycles. The summed E-state index contributed by atoms with van der Waals surface area (Å²) in [7, 11) is 0. The molecule has 0 radical (unpaired) electrons. The van der Waals surface area contributed by atoms with Gasteiger partial charge in [0.2, 0.25) is 5.82 Å². The summed E-state index contributed by atoms with van der Waals surface area (Å²) in [4.78, 5) is 9.32. The lowest BCUT2D eigenvalue weighted by Gasteiger charge is -2.07. The van der Waals surface area contributed by atoms with E-state index in [0.717, 1.165) is 12.1 Å². The third kappa shape index (κ3) is 2.75. The van der Waals surface area contributed by atoms with Gasteiger partial charge in [-0.2, -0.15) is 4.39 Å². The van der Waals surface area contributed by atoms with Crippen LogP contribution in [0.3, 0.4) is 0 Å². The minimum absolute atomic E-state index is 0.356. The first kappa shape index (κ1) is 12.6. The van der Waals surface area contributed by atoms with Crippen molar-refractivity contribution in [2.75, 3.05) is 6.61 Å². The van der Waals surface area contributed by atoms with Gasteiger partial charge in [0.15, 0.2) is 0 Å². The highest BCUT2D eigenvalue weighted by molar-refractivity contribution is 6.32. The first-order valence-electron chi connectivity index (χ1n) is 3.96. The number of rotatable bonds is 4. The predicted octanol–water partition coefficient (Wildman–Crippen LogP) is 3.03. The van der Waals surface area contributed by atoms with Gasteiger partial charge in [0.25, 0.3) is 6.43 Å². The number of hydrogen-bond acceptors (Lipinski definition) is 3. The molecule has 88 valence electrons. The van der Waals surface area contributed by atoms with E-state index in [1.54, 1.807) is 0 Å². The number of hydrogen-bond donors (Lipinski definition) is 0. The van der Waals surface area contributed by atoms with Gasteiger partial charge >= 0.3 is 5.69 Å². The van der Waals surface area contributed by atoms with Gasteiger partial charge in [-0.3, -0.25) is 10.1 Å². The van der Waals surface area contributed by atoms with Gasteiger partial charge in [0, 0.05) is 6.07 Å². The zero-order chi connectivity index (χ0) is 12.3. The molecule has 0 amide bonds. The van der Waals surface area contributed by atoms with E-state index >= 15 is 0 Å². The highest BCUT2D eigenvalue weighted by atomic mass is 35.5. The van der Waals surface area contributed by atoms with Gasteiger partial charge in [-0.1, -0.05) is 11.6 Å². The van der Waals surface area contributed by atoms with Crippen LogP contribution < -0.4 is 4.74 Å². The third-order valence-corrected chi connectivity index (χ3v) is 1.94. The first-order chi connectivity index (χ1) is 7.43. The molecule has 0 saturated carbocycles. The number of alkyl halides is 2. The van der Waals surface area contributed by atoms with Crippen molar-refractivity contribution >= 4 is 17.3 Å². The van der Waals surface area contributed by atoms with E-state index in [4.69, 9.17) is 11.6 Å². The molecule has 0 aromatic heterocycles. The molecule has 0 spiro atoms. The summed E-state index contributed by atoms with van der Waals surface area (Å²) in [5.74, 6) is -1.66. The summed E-state index contributed by atoms with van der Waals surface area (Å²) < 4.78 is 41.2. The number of nitro groups is 1. The Morgan fingerprint density at radius 2 is 2.12 bits per heavy atom. The number of ether oxygens (including phenoxy) is 1. The molecule has 0 aliphatic rings. The molecule has 0 heterocycles. The molecule has 0 unspecified atom stereocenters. The van der Waals surface area contributed by atoms with Gasteiger partial charge in [-0.25, -0.2) is 8.78 Å². The number of nitro benzene ring substituents is 1. The van der Waals surface area contributed by atoms with E-state index in [1.807, 2.05) is 0 Å². The van der Waals surface area contributed by atoms with Crippen molar-refractivity contribution in [3.05, 3.63) is 33.1 Å². The van der Waals surface area contributed by atoms with Gasteiger partial charge in [0.1, 0.15) is 17.4 Å². The summed E-state index contributed by atoms with van der Waals surface area (Å²) >= 11 is 5.38. The summed E-state index contributed by atoms with van der Waals surface area (Å²) in [6.07, 6.45) is -2.74. The molecule has 1 aromatic rings. The van der Waals surface area contributed by atoms with Crippen LogP contribution in [0.25, 0.3) is 0 Å². The normalized spacial score (nSPS) is 10.6. The summed E-state index contributed by atoms with van der Waals surface area (Å²) in [5, 5.41) is 9.61. The Morgan fingerprint density at radius 1 is 1.50 bits per heavy atom. The zero-order valence-corrected chi connectivity index (χ0v) is 8.38. The van der Waals surface area contributed by atoms with Crippen molar-refractivity contribution in [1.82, 2.24) is 0 Å². The van der Waals surface area contributed by atoms with Crippen molar-refractivity contribution in [3.8, 4) is 5.75 Å². The summed E-state index contributed by atoms with van der Waals surface area (Å²) in [6.45, 7) is -0.961.